The second-order valence-electron chi connectivity index (χ2n) is 6.57. The number of benzene rings is 1. The number of likely N-dealkylation sites (N-methyl/N-ethyl adjacent to an activating group) is 1. The minimum atomic E-state index is 0.549. The van der Waals surface area contributed by atoms with Crippen LogP contribution >= 0.6 is 23.6 Å². The molecule has 3 aromatic rings. The van der Waals surface area contributed by atoms with Crippen LogP contribution in [0.15, 0.2) is 41.8 Å². The first kappa shape index (κ1) is 19.5. The van der Waals surface area contributed by atoms with Crippen molar-refractivity contribution in [2.75, 3.05) is 27.2 Å². The first-order chi connectivity index (χ1) is 13.0. The molecule has 2 heterocycles. The topological polar surface area (TPSA) is 63.9 Å². The number of nitrogens with one attached hydrogen (secondary N) is 1. The molecule has 0 radical (unpaired) electrons. The van der Waals surface area contributed by atoms with Crippen LogP contribution in [-0.2, 0) is 13.2 Å². The Bertz CT molecular complexity index is 947. The van der Waals surface area contributed by atoms with E-state index in [2.05, 4.69) is 40.0 Å². The lowest BCUT2D eigenvalue weighted by Gasteiger charge is -2.24. The highest BCUT2D eigenvalue weighted by Gasteiger charge is 2.11. The van der Waals surface area contributed by atoms with Gasteiger partial charge in [-0.3, -0.25) is 10.00 Å². The Balaban J connectivity index is 1.76. The molecule has 1 aromatic carbocycles. The van der Waals surface area contributed by atoms with Crippen LogP contribution in [-0.4, -0.2) is 51.7 Å². The number of aromatic nitrogens is 3. The number of thiophene rings is 1. The molecule has 140 valence electrons. The summed E-state index contributed by atoms with van der Waals surface area (Å²) in [5, 5.41) is 14.3. The van der Waals surface area contributed by atoms with Gasteiger partial charge in [-0.1, -0.05) is 18.2 Å². The summed E-state index contributed by atoms with van der Waals surface area (Å²) in [6.45, 7) is 3.23. The predicted molar refractivity (Wildman–Crippen MR) is 111 cm³/mol. The van der Waals surface area contributed by atoms with Crippen LogP contribution in [0.1, 0.15) is 11.1 Å². The van der Waals surface area contributed by atoms with Crippen LogP contribution in [0.5, 0.6) is 0 Å². The van der Waals surface area contributed by atoms with Crippen molar-refractivity contribution in [2.24, 2.45) is 0 Å². The zero-order valence-electron chi connectivity index (χ0n) is 15.4. The van der Waals surface area contributed by atoms with Gasteiger partial charge in [0.1, 0.15) is 0 Å². The van der Waals surface area contributed by atoms with Gasteiger partial charge < -0.3 is 4.90 Å². The predicted octanol–water partition coefficient (Wildman–Crippen LogP) is 3.56. The smallest absolute Gasteiger partial charge is 0.217 e. The molecule has 3 rings (SSSR count). The second-order valence-corrected chi connectivity index (χ2v) is 7.88. The molecular weight excluding hydrogens is 376 g/mol. The van der Waals surface area contributed by atoms with Gasteiger partial charge in [0.15, 0.2) is 5.82 Å². The molecule has 0 aliphatic carbocycles. The minimum absolute atomic E-state index is 0.549. The quantitative estimate of drug-likeness (QED) is 0.588. The monoisotopic (exact) mass is 398 g/mol. The number of hydrogen-bond donors (Lipinski definition) is 1. The molecule has 0 spiro atoms. The fourth-order valence-corrected chi connectivity index (χ4v) is 3.52. The van der Waals surface area contributed by atoms with Crippen molar-refractivity contribution in [3.05, 3.63) is 57.7 Å². The van der Waals surface area contributed by atoms with Crippen LogP contribution in [0.4, 0.5) is 0 Å². The molecule has 0 aliphatic rings. The average Bonchev–Trinajstić information content (AvgIpc) is 3.30. The largest absolute Gasteiger partial charge is 0.308 e. The highest BCUT2D eigenvalue weighted by atomic mass is 32.1. The maximum absolute atomic E-state index is 8.97. The zero-order valence-corrected chi connectivity index (χ0v) is 17.1. The Morgan fingerprint density at radius 3 is 2.63 bits per heavy atom. The summed E-state index contributed by atoms with van der Waals surface area (Å²) in [5.74, 6) is 0.806. The fourth-order valence-electron chi connectivity index (χ4n) is 2.66. The number of nitriles is 1. The Morgan fingerprint density at radius 2 is 2.00 bits per heavy atom. The Kier molecular flexibility index (Phi) is 6.53. The van der Waals surface area contributed by atoms with E-state index in [0.717, 1.165) is 35.9 Å². The summed E-state index contributed by atoms with van der Waals surface area (Å²) < 4.78 is 2.46. The lowest BCUT2D eigenvalue weighted by Crippen LogP contribution is -2.33. The number of nitrogens with zero attached hydrogens (tertiary/aromatic N) is 5. The van der Waals surface area contributed by atoms with E-state index in [9.17, 15) is 0 Å². The fraction of sp³-hybridized carbons (Fsp3) is 0.316. The summed E-state index contributed by atoms with van der Waals surface area (Å²) in [5.41, 5.74) is 1.84. The van der Waals surface area contributed by atoms with E-state index < -0.39 is 0 Å². The first-order valence-corrected chi connectivity index (χ1v) is 9.91. The zero-order chi connectivity index (χ0) is 19.2. The standard InChI is InChI=1S/C19H22N6S2/c1-23(2)9-10-24(13-16-7-5-15(12-20)6-8-16)14-25-19(26)21-18(22-25)17-4-3-11-27-17/h3-8,11H,9-10,13-14H2,1-2H3,(H,21,22,26). The summed E-state index contributed by atoms with van der Waals surface area (Å²) in [4.78, 5) is 10.0. The van der Waals surface area contributed by atoms with Gasteiger partial charge in [0, 0.05) is 19.6 Å². The minimum Gasteiger partial charge on any atom is -0.308 e. The van der Waals surface area contributed by atoms with Crippen molar-refractivity contribution < 1.29 is 0 Å². The van der Waals surface area contributed by atoms with Crippen molar-refractivity contribution >= 4 is 23.6 Å². The molecule has 0 fully saturated rings. The van der Waals surface area contributed by atoms with E-state index in [0.29, 0.717) is 17.0 Å². The highest BCUT2D eigenvalue weighted by Crippen LogP contribution is 2.20. The molecule has 0 atom stereocenters. The first-order valence-electron chi connectivity index (χ1n) is 8.62. The molecule has 27 heavy (non-hydrogen) atoms. The van der Waals surface area contributed by atoms with Gasteiger partial charge in [0.2, 0.25) is 4.77 Å². The number of H-pyrrole nitrogens is 1. The van der Waals surface area contributed by atoms with Gasteiger partial charge in [-0.15, -0.1) is 11.3 Å². The normalized spacial score (nSPS) is 11.2. The van der Waals surface area contributed by atoms with Crippen LogP contribution in [0, 0.1) is 16.1 Å². The molecule has 0 unspecified atom stereocenters. The van der Waals surface area contributed by atoms with Crippen molar-refractivity contribution in [2.45, 2.75) is 13.2 Å². The Hall–Kier alpha value is -2.31. The molecule has 1 N–H and O–H groups in total. The molecule has 0 saturated carbocycles. The average molecular weight is 399 g/mol. The Morgan fingerprint density at radius 1 is 1.22 bits per heavy atom. The van der Waals surface area contributed by atoms with Crippen molar-refractivity contribution in [1.82, 2.24) is 24.6 Å². The SMILES string of the molecule is CN(C)CCN(Cc1ccc(C#N)cc1)Cn1[nH]c(-c2cccs2)nc1=S. The van der Waals surface area contributed by atoms with Gasteiger partial charge >= 0.3 is 0 Å². The molecule has 0 aliphatic heterocycles. The van der Waals surface area contributed by atoms with Crippen molar-refractivity contribution in [1.29, 1.82) is 5.26 Å². The third-order valence-corrected chi connectivity index (χ3v) is 5.32. The van der Waals surface area contributed by atoms with E-state index in [-0.39, 0.29) is 0 Å². The van der Waals surface area contributed by atoms with Gasteiger partial charge in [0.25, 0.3) is 0 Å². The van der Waals surface area contributed by atoms with E-state index >= 15 is 0 Å². The van der Waals surface area contributed by atoms with Gasteiger partial charge in [-0.05, 0) is 55.5 Å². The van der Waals surface area contributed by atoms with Crippen LogP contribution in [0.25, 0.3) is 10.7 Å². The maximum atomic E-state index is 8.97. The summed E-state index contributed by atoms with van der Waals surface area (Å²) >= 11 is 7.09. The second kappa shape index (κ2) is 9.06. The highest BCUT2D eigenvalue weighted by molar-refractivity contribution is 7.71. The van der Waals surface area contributed by atoms with E-state index in [1.54, 1.807) is 11.3 Å². The van der Waals surface area contributed by atoms with Gasteiger partial charge in [0.05, 0.1) is 23.2 Å². The van der Waals surface area contributed by atoms with E-state index in [1.807, 2.05) is 46.5 Å². The molecule has 0 saturated heterocycles. The molecule has 0 bridgehead atoms. The number of hydrogen-bond acceptors (Lipinski definition) is 6. The molecule has 8 heteroatoms. The summed E-state index contributed by atoms with van der Waals surface area (Å²) in [7, 11) is 4.13. The number of rotatable bonds is 8. The van der Waals surface area contributed by atoms with E-state index in [4.69, 9.17) is 17.5 Å². The van der Waals surface area contributed by atoms with E-state index in [1.165, 1.54) is 0 Å². The molecular formula is C19H22N6S2. The van der Waals surface area contributed by atoms with Gasteiger partial charge in [-0.25, -0.2) is 4.68 Å². The maximum Gasteiger partial charge on any atom is 0.217 e. The molecule has 6 nitrogen and oxygen atoms in total. The molecule has 0 amide bonds. The van der Waals surface area contributed by atoms with Crippen LogP contribution in [0.3, 0.4) is 0 Å². The van der Waals surface area contributed by atoms with Crippen molar-refractivity contribution in [3.8, 4) is 16.8 Å². The lowest BCUT2D eigenvalue weighted by molar-refractivity contribution is 0.179. The van der Waals surface area contributed by atoms with Gasteiger partial charge in [-0.2, -0.15) is 10.2 Å². The number of aromatic amines is 1. The van der Waals surface area contributed by atoms with Crippen LogP contribution < -0.4 is 0 Å². The third kappa shape index (κ3) is 5.34. The summed E-state index contributed by atoms with van der Waals surface area (Å²) in [6, 6.07) is 13.9. The molecule has 2 aromatic heterocycles. The summed E-state index contributed by atoms with van der Waals surface area (Å²) in [6.07, 6.45) is 0. The lowest BCUT2D eigenvalue weighted by atomic mass is 10.1. The van der Waals surface area contributed by atoms with Crippen molar-refractivity contribution in [3.63, 3.8) is 0 Å². The van der Waals surface area contributed by atoms with Crippen LogP contribution in [0.2, 0.25) is 0 Å². The third-order valence-electron chi connectivity index (χ3n) is 4.13. The Labute approximate surface area is 168 Å².